The van der Waals surface area contributed by atoms with Crippen molar-refractivity contribution in [2.24, 2.45) is 11.8 Å². The fourth-order valence-corrected chi connectivity index (χ4v) is 5.87. The van der Waals surface area contributed by atoms with Crippen molar-refractivity contribution >= 4 is 41.0 Å². The van der Waals surface area contributed by atoms with E-state index in [1.54, 1.807) is 42.5 Å². The van der Waals surface area contributed by atoms with Gasteiger partial charge in [0.2, 0.25) is 11.8 Å². The number of carbonyl (C=O) groups excluding carboxylic acids is 3. The molecule has 3 aromatic carbocycles. The van der Waals surface area contributed by atoms with Crippen molar-refractivity contribution in [2.75, 3.05) is 12.0 Å². The smallest absolute Gasteiger partial charge is 0.240 e. The van der Waals surface area contributed by atoms with Crippen LogP contribution in [0.3, 0.4) is 0 Å². The molecule has 4 atom stereocenters. The molecule has 3 aromatic rings. The number of benzene rings is 3. The maximum atomic E-state index is 14.0. The summed E-state index contributed by atoms with van der Waals surface area (Å²) in [6, 6.07) is 20.3. The van der Waals surface area contributed by atoms with E-state index in [1.807, 2.05) is 47.5 Å². The van der Waals surface area contributed by atoms with Crippen molar-refractivity contribution < 1.29 is 19.1 Å². The van der Waals surface area contributed by atoms with Crippen LogP contribution >= 0.6 is 11.6 Å². The maximum absolute atomic E-state index is 14.0. The van der Waals surface area contributed by atoms with E-state index in [2.05, 4.69) is 0 Å². The van der Waals surface area contributed by atoms with Crippen LogP contribution in [0, 0.1) is 11.8 Å². The van der Waals surface area contributed by atoms with Gasteiger partial charge in [-0.1, -0.05) is 66.2 Å². The van der Waals surface area contributed by atoms with Crippen molar-refractivity contribution in [1.82, 2.24) is 4.90 Å². The average molecular weight is 485 g/mol. The molecule has 7 heteroatoms. The monoisotopic (exact) mass is 484 g/mol. The topological polar surface area (TPSA) is 66.9 Å². The largest absolute Gasteiger partial charge is 0.495 e. The Hall–Kier alpha value is -3.90. The van der Waals surface area contributed by atoms with Gasteiger partial charge < -0.3 is 9.64 Å². The zero-order chi connectivity index (χ0) is 24.3. The van der Waals surface area contributed by atoms with E-state index in [0.29, 0.717) is 22.0 Å². The Morgan fingerprint density at radius 3 is 2.40 bits per heavy atom. The van der Waals surface area contributed by atoms with Gasteiger partial charge in [-0.15, -0.1) is 0 Å². The summed E-state index contributed by atoms with van der Waals surface area (Å²) in [5.74, 6) is -2.18. The van der Waals surface area contributed by atoms with Crippen LogP contribution in [0.15, 0.2) is 79.0 Å². The minimum absolute atomic E-state index is 0.187. The number of nitrogens with zero attached hydrogens (tertiary/aromatic N) is 2. The van der Waals surface area contributed by atoms with Crippen LogP contribution in [0.5, 0.6) is 5.75 Å². The first-order chi connectivity index (χ1) is 17.0. The SMILES string of the molecule is COc1ccc(Cl)cc1N1C(=O)[C@@H]2[C@H](C1=O)[C@@H]1c3ccccc3C=CN1[C@@H]2C(=O)c1ccccc1. The van der Waals surface area contributed by atoms with E-state index in [9.17, 15) is 14.4 Å². The summed E-state index contributed by atoms with van der Waals surface area (Å²) in [4.78, 5) is 44.9. The number of amides is 2. The molecule has 6 rings (SSSR count). The molecule has 2 amide bonds. The van der Waals surface area contributed by atoms with Crippen molar-refractivity contribution in [3.05, 3.63) is 101 Å². The molecule has 2 saturated heterocycles. The molecule has 174 valence electrons. The van der Waals surface area contributed by atoms with Gasteiger partial charge in [0.15, 0.2) is 5.78 Å². The summed E-state index contributed by atoms with van der Waals surface area (Å²) in [7, 11) is 1.48. The predicted octanol–water partition coefficient (Wildman–Crippen LogP) is 4.75. The zero-order valence-electron chi connectivity index (χ0n) is 18.8. The van der Waals surface area contributed by atoms with Crippen LogP contribution < -0.4 is 9.64 Å². The van der Waals surface area contributed by atoms with Crippen LogP contribution in [0.4, 0.5) is 5.69 Å². The first kappa shape index (κ1) is 21.6. The van der Waals surface area contributed by atoms with Crippen molar-refractivity contribution in [3.63, 3.8) is 0 Å². The molecule has 3 heterocycles. The molecule has 0 aromatic heterocycles. The van der Waals surface area contributed by atoms with Crippen LogP contribution in [0.1, 0.15) is 27.5 Å². The van der Waals surface area contributed by atoms with Crippen LogP contribution in [-0.2, 0) is 9.59 Å². The van der Waals surface area contributed by atoms with E-state index >= 15 is 0 Å². The summed E-state index contributed by atoms with van der Waals surface area (Å²) >= 11 is 6.23. The molecule has 0 saturated carbocycles. The number of carbonyl (C=O) groups is 3. The summed E-state index contributed by atoms with van der Waals surface area (Å²) < 4.78 is 5.44. The standard InChI is InChI=1S/C28H21ClN2O4/c1-35-21-12-11-18(29)15-20(21)31-27(33)22-23(28(31)34)25(26(32)17-8-3-2-4-9-17)30-14-13-16-7-5-6-10-19(16)24(22)30/h2-15,22-25H,1H3/t22-,23+,24-,25-/m0/s1. The molecule has 35 heavy (non-hydrogen) atoms. The fourth-order valence-electron chi connectivity index (χ4n) is 5.71. The number of halogens is 1. The highest BCUT2D eigenvalue weighted by molar-refractivity contribution is 6.32. The Morgan fingerprint density at radius 1 is 0.914 bits per heavy atom. The van der Waals surface area contributed by atoms with Crippen molar-refractivity contribution in [3.8, 4) is 5.75 Å². The molecular weight excluding hydrogens is 464 g/mol. The number of ketones is 1. The first-order valence-corrected chi connectivity index (χ1v) is 11.7. The molecule has 0 bridgehead atoms. The minimum atomic E-state index is -0.848. The number of anilines is 1. The number of fused-ring (bicyclic) bond motifs is 5. The van der Waals surface area contributed by atoms with Gasteiger partial charge >= 0.3 is 0 Å². The molecule has 0 spiro atoms. The summed E-state index contributed by atoms with van der Waals surface area (Å²) in [6.07, 6.45) is 3.78. The number of hydrogen-bond acceptors (Lipinski definition) is 5. The molecule has 3 aliphatic heterocycles. The number of rotatable bonds is 4. The molecule has 2 fully saturated rings. The average Bonchev–Trinajstić information content (AvgIpc) is 3.36. The third-order valence-electron chi connectivity index (χ3n) is 7.17. The van der Waals surface area contributed by atoms with Gasteiger partial charge in [0, 0.05) is 16.8 Å². The second-order valence-electron chi connectivity index (χ2n) is 8.89. The highest BCUT2D eigenvalue weighted by atomic mass is 35.5. The van der Waals surface area contributed by atoms with Gasteiger partial charge in [-0.3, -0.25) is 14.4 Å². The maximum Gasteiger partial charge on any atom is 0.240 e. The van der Waals surface area contributed by atoms with Crippen molar-refractivity contribution in [1.29, 1.82) is 0 Å². The van der Waals surface area contributed by atoms with E-state index < -0.39 is 29.8 Å². The van der Waals surface area contributed by atoms with Gasteiger partial charge in [-0.05, 0) is 35.4 Å². The summed E-state index contributed by atoms with van der Waals surface area (Å²) in [6.45, 7) is 0. The lowest BCUT2D eigenvalue weighted by Gasteiger charge is -2.35. The molecule has 3 aliphatic rings. The van der Waals surface area contributed by atoms with Crippen molar-refractivity contribution in [2.45, 2.75) is 12.1 Å². The predicted molar refractivity (Wildman–Crippen MR) is 132 cm³/mol. The second kappa shape index (κ2) is 8.10. The fraction of sp³-hybridized carbons (Fsp3) is 0.179. The van der Waals surface area contributed by atoms with E-state index in [4.69, 9.17) is 16.3 Å². The quantitative estimate of drug-likeness (QED) is 0.395. The Morgan fingerprint density at radius 2 is 1.63 bits per heavy atom. The highest BCUT2D eigenvalue weighted by Crippen LogP contribution is 2.54. The van der Waals surface area contributed by atoms with Gasteiger partial charge in [0.05, 0.1) is 30.7 Å². The van der Waals surface area contributed by atoms with Crippen LogP contribution in [0.25, 0.3) is 6.08 Å². The Labute approximate surface area is 207 Å². The number of methoxy groups -OCH3 is 1. The molecule has 6 nitrogen and oxygen atoms in total. The Balaban J connectivity index is 1.52. The lowest BCUT2D eigenvalue weighted by atomic mass is 9.83. The molecule has 0 unspecified atom stereocenters. The Bertz CT molecular complexity index is 1400. The van der Waals surface area contributed by atoms with Gasteiger partial charge in [0.25, 0.3) is 0 Å². The van der Waals surface area contributed by atoms with E-state index in [1.165, 1.54) is 7.11 Å². The third kappa shape index (κ3) is 3.13. The molecule has 0 radical (unpaired) electrons. The van der Waals surface area contributed by atoms with Gasteiger partial charge in [-0.2, -0.15) is 0 Å². The number of ether oxygens (including phenoxy) is 1. The molecule has 0 N–H and O–H groups in total. The number of hydrogen-bond donors (Lipinski definition) is 0. The van der Waals surface area contributed by atoms with Crippen LogP contribution in [0.2, 0.25) is 5.02 Å². The molecule has 0 aliphatic carbocycles. The third-order valence-corrected chi connectivity index (χ3v) is 7.41. The number of imide groups is 1. The van der Waals surface area contributed by atoms with E-state index in [-0.39, 0.29) is 11.7 Å². The lowest BCUT2D eigenvalue weighted by Crippen LogP contribution is -2.44. The highest BCUT2D eigenvalue weighted by Gasteiger charge is 2.64. The number of Topliss-reactive ketones (excluding diaryl/α,β-unsaturated/α-hetero) is 1. The van der Waals surface area contributed by atoms with E-state index in [0.717, 1.165) is 16.0 Å². The minimum Gasteiger partial charge on any atom is -0.495 e. The second-order valence-corrected chi connectivity index (χ2v) is 9.33. The van der Waals surface area contributed by atoms with Crippen LogP contribution in [-0.4, -0.2) is 35.6 Å². The Kier molecular flexibility index (Phi) is 5.00. The first-order valence-electron chi connectivity index (χ1n) is 11.4. The zero-order valence-corrected chi connectivity index (χ0v) is 19.6. The summed E-state index contributed by atoms with van der Waals surface area (Å²) in [5.41, 5.74) is 2.69. The van der Waals surface area contributed by atoms with Gasteiger partial charge in [0.1, 0.15) is 11.8 Å². The normalized spacial score (nSPS) is 24.3. The lowest BCUT2D eigenvalue weighted by molar-refractivity contribution is -0.123. The van der Waals surface area contributed by atoms with Gasteiger partial charge in [-0.25, -0.2) is 4.90 Å². The summed E-state index contributed by atoms with van der Waals surface area (Å²) in [5, 5.41) is 0.378. The molecular formula is C28H21ClN2O4.